The molecule has 0 unspecified atom stereocenters. The molecule has 1 saturated heterocycles. The van der Waals surface area contributed by atoms with Gasteiger partial charge in [-0.2, -0.15) is 5.10 Å². The van der Waals surface area contributed by atoms with Gasteiger partial charge in [0.15, 0.2) is 6.61 Å². The van der Waals surface area contributed by atoms with Gasteiger partial charge in [0.05, 0.1) is 6.21 Å². The first-order chi connectivity index (χ1) is 14.5. The molecule has 2 aromatic carbocycles. The van der Waals surface area contributed by atoms with Crippen molar-refractivity contribution in [2.75, 3.05) is 25.0 Å². The fourth-order valence-electron chi connectivity index (χ4n) is 2.95. The molecule has 8 heteroatoms. The van der Waals surface area contributed by atoms with E-state index in [4.69, 9.17) is 4.74 Å². The van der Waals surface area contributed by atoms with Crippen molar-refractivity contribution < 1.29 is 19.1 Å². The molecule has 2 N–H and O–H groups in total. The number of para-hydroxylation sites is 1. The molecule has 3 rings (SSSR count). The lowest BCUT2D eigenvalue weighted by molar-refractivity contribution is -0.136. The van der Waals surface area contributed by atoms with Gasteiger partial charge in [0.2, 0.25) is 0 Å². The second-order valence-electron chi connectivity index (χ2n) is 6.93. The molecule has 8 nitrogen and oxygen atoms in total. The fourth-order valence-corrected chi connectivity index (χ4v) is 2.95. The number of hydrazone groups is 1. The van der Waals surface area contributed by atoms with E-state index in [9.17, 15) is 14.4 Å². The largest absolute Gasteiger partial charge is 0.483 e. The Labute approximate surface area is 174 Å². The van der Waals surface area contributed by atoms with Gasteiger partial charge in [0, 0.05) is 24.3 Å². The number of hydrogen-bond donors (Lipinski definition) is 2. The molecule has 0 radical (unpaired) electrons. The van der Waals surface area contributed by atoms with Crippen LogP contribution < -0.4 is 15.5 Å². The van der Waals surface area contributed by atoms with Crippen molar-refractivity contribution in [3.05, 3.63) is 59.7 Å². The van der Waals surface area contributed by atoms with Crippen molar-refractivity contribution in [3.8, 4) is 5.75 Å². The Hall–Kier alpha value is -3.68. The summed E-state index contributed by atoms with van der Waals surface area (Å²) >= 11 is 0. The molecule has 156 valence electrons. The van der Waals surface area contributed by atoms with E-state index in [2.05, 4.69) is 15.8 Å². The summed E-state index contributed by atoms with van der Waals surface area (Å²) in [5, 5.41) is 6.32. The molecule has 0 aliphatic carbocycles. The summed E-state index contributed by atoms with van der Waals surface area (Å²) in [6, 6.07) is 14.1. The maximum atomic E-state index is 12.1. The first-order valence-corrected chi connectivity index (χ1v) is 9.73. The number of nitrogens with one attached hydrogen (secondary N) is 2. The van der Waals surface area contributed by atoms with Gasteiger partial charge in [-0.1, -0.05) is 29.8 Å². The third kappa shape index (κ3) is 5.91. The first kappa shape index (κ1) is 21.0. The Morgan fingerprint density at radius 3 is 2.47 bits per heavy atom. The minimum absolute atomic E-state index is 0.0553. The van der Waals surface area contributed by atoms with E-state index in [1.54, 1.807) is 41.3 Å². The maximum Gasteiger partial charge on any atom is 0.329 e. The Bertz CT molecular complexity index is 934. The van der Waals surface area contributed by atoms with E-state index in [0.717, 1.165) is 31.5 Å². The van der Waals surface area contributed by atoms with E-state index in [1.807, 2.05) is 19.1 Å². The summed E-state index contributed by atoms with van der Waals surface area (Å²) in [6.07, 6.45) is 3.41. The van der Waals surface area contributed by atoms with Crippen LogP contribution in [-0.2, 0) is 14.4 Å². The predicted octanol–water partition coefficient (Wildman–Crippen LogP) is 2.09. The number of rotatable bonds is 6. The van der Waals surface area contributed by atoms with Crippen LogP contribution in [0.2, 0.25) is 0 Å². The van der Waals surface area contributed by atoms with E-state index in [0.29, 0.717) is 17.0 Å². The molecule has 1 aliphatic heterocycles. The van der Waals surface area contributed by atoms with E-state index < -0.39 is 11.8 Å². The van der Waals surface area contributed by atoms with Crippen LogP contribution in [0.4, 0.5) is 5.69 Å². The number of benzene rings is 2. The summed E-state index contributed by atoms with van der Waals surface area (Å²) in [5.41, 5.74) is 4.33. The Kier molecular flexibility index (Phi) is 7.15. The van der Waals surface area contributed by atoms with Crippen molar-refractivity contribution in [2.24, 2.45) is 5.10 Å². The predicted molar refractivity (Wildman–Crippen MR) is 113 cm³/mol. The van der Waals surface area contributed by atoms with Crippen LogP contribution in [0.25, 0.3) is 0 Å². The zero-order chi connectivity index (χ0) is 21.3. The molecule has 0 atom stereocenters. The third-order valence-corrected chi connectivity index (χ3v) is 4.61. The number of likely N-dealkylation sites (tertiary alicyclic amines) is 1. The number of anilines is 1. The highest BCUT2D eigenvalue weighted by atomic mass is 16.5. The lowest BCUT2D eigenvalue weighted by atomic mass is 10.2. The second-order valence-corrected chi connectivity index (χ2v) is 6.93. The molecule has 1 heterocycles. The summed E-state index contributed by atoms with van der Waals surface area (Å²) in [7, 11) is 0. The van der Waals surface area contributed by atoms with Gasteiger partial charge in [-0.3, -0.25) is 14.4 Å². The second kappa shape index (κ2) is 10.2. The lowest BCUT2D eigenvalue weighted by Crippen LogP contribution is -2.32. The highest BCUT2D eigenvalue weighted by Gasteiger charge is 2.18. The average Bonchev–Trinajstić information content (AvgIpc) is 3.29. The lowest BCUT2D eigenvalue weighted by Gasteiger charge is -2.16. The number of aryl methyl sites for hydroxylation is 1. The van der Waals surface area contributed by atoms with E-state index in [1.165, 1.54) is 6.21 Å². The molecule has 0 aromatic heterocycles. The summed E-state index contributed by atoms with van der Waals surface area (Å²) in [4.78, 5) is 37.8. The van der Waals surface area contributed by atoms with Crippen LogP contribution in [0.3, 0.4) is 0 Å². The van der Waals surface area contributed by atoms with E-state index >= 15 is 0 Å². The molecule has 1 fully saturated rings. The molecule has 1 aliphatic rings. The highest BCUT2D eigenvalue weighted by molar-refractivity contribution is 6.39. The average molecular weight is 408 g/mol. The van der Waals surface area contributed by atoms with Crippen LogP contribution in [-0.4, -0.2) is 48.5 Å². The molecule has 0 saturated carbocycles. The standard InChI is InChI=1S/C22H24N4O4/c1-16-8-10-18(11-9-16)24-21(28)22(29)25-23-14-17-6-2-3-7-19(17)30-15-20(27)26-12-4-5-13-26/h2-3,6-11,14H,4-5,12-13,15H2,1H3,(H,24,28)(H,25,29)/b23-14-. The highest BCUT2D eigenvalue weighted by Crippen LogP contribution is 2.16. The van der Waals surface area contributed by atoms with Gasteiger partial charge in [-0.25, -0.2) is 5.43 Å². The molecule has 0 spiro atoms. The zero-order valence-electron chi connectivity index (χ0n) is 16.8. The van der Waals surface area contributed by atoms with Crippen LogP contribution in [0.5, 0.6) is 5.75 Å². The van der Waals surface area contributed by atoms with Crippen molar-refractivity contribution in [1.29, 1.82) is 0 Å². The minimum atomic E-state index is -0.894. The maximum absolute atomic E-state index is 12.1. The van der Waals surface area contributed by atoms with Gasteiger partial charge in [-0.05, 0) is 44.0 Å². The Balaban J connectivity index is 1.52. The number of ether oxygens (including phenoxy) is 1. The zero-order valence-corrected chi connectivity index (χ0v) is 16.8. The molecular formula is C22H24N4O4. The number of carbonyl (C=O) groups is 3. The van der Waals surface area contributed by atoms with Crippen molar-refractivity contribution in [2.45, 2.75) is 19.8 Å². The van der Waals surface area contributed by atoms with Crippen LogP contribution >= 0.6 is 0 Å². The van der Waals surface area contributed by atoms with Gasteiger partial charge in [-0.15, -0.1) is 0 Å². The van der Waals surface area contributed by atoms with Gasteiger partial charge >= 0.3 is 11.8 Å². The SMILES string of the molecule is Cc1ccc(NC(=O)C(=O)N/N=C\c2ccccc2OCC(=O)N2CCCC2)cc1. The smallest absolute Gasteiger partial charge is 0.329 e. The van der Waals surface area contributed by atoms with Crippen molar-refractivity contribution in [3.63, 3.8) is 0 Å². The first-order valence-electron chi connectivity index (χ1n) is 9.73. The van der Waals surface area contributed by atoms with Gasteiger partial charge in [0.25, 0.3) is 5.91 Å². The van der Waals surface area contributed by atoms with Crippen molar-refractivity contribution in [1.82, 2.24) is 10.3 Å². The molecule has 0 bridgehead atoms. The summed E-state index contributed by atoms with van der Waals surface area (Å²) in [5.74, 6) is -1.31. The van der Waals surface area contributed by atoms with Gasteiger partial charge in [0.1, 0.15) is 5.75 Å². The Morgan fingerprint density at radius 1 is 1.03 bits per heavy atom. The molecular weight excluding hydrogens is 384 g/mol. The van der Waals surface area contributed by atoms with Crippen LogP contribution in [0, 0.1) is 6.92 Å². The third-order valence-electron chi connectivity index (χ3n) is 4.61. The minimum Gasteiger partial charge on any atom is -0.483 e. The van der Waals surface area contributed by atoms with E-state index in [-0.39, 0.29) is 12.5 Å². The van der Waals surface area contributed by atoms with Crippen LogP contribution in [0.1, 0.15) is 24.0 Å². The van der Waals surface area contributed by atoms with Crippen molar-refractivity contribution >= 4 is 29.6 Å². The molecule has 3 amide bonds. The fraction of sp³-hybridized carbons (Fsp3) is 0.273. The number of amides is 3. The monoisotopic (exact) mass is 408 g/mol. The van der Waals surface area contributed by atoms with Gasteiger partial charge < -0.3 is 15.0 Å². The van der Waals surface area contributed by atoms with Crippen LogP contribution in [0.15, 0.2) is 53.6 Å². The number of carbonyl (C=O) groups excluding carboxylic acids is 3. The summed E-state index contributed by atoms with van der Waals surface area (Å²) in [6.45, 7) is 3.40. The molecule has 2 aromatic rings. The topological polar surface area (TPSA) is 100 Å². The quantitative estimate of drug-likeness (QED) is 0.434. The summed E-state index contributed by atoms with van der Waals surface area (Å²) < 4.78 is 5.63. The number of hydrogen-bond acceptors (Lipinski definition) is 5. The number of nitrogens with zero attached hydrogens (tertiary/aromatic N) is 2. The normalized spacial score (nSPS) is 13.3. The molecule has 30 heavy (non-hydrogen) atoms. The Morgan fingerprint density at radius 2 is 1.73 bits per heavy atom.